The first-order valence-corrected chi connectivity index (χ1v) is 8.03. The number of fused-ring (bicyclic) bond motifs is 1. The van der Waals surface area contributed by atoms with Crippen molar-refractivity contribution in [1.29, 1.82) is 0 Å². The van der Waals surface area contributed by atoms with E-state index in [0.29, 0.717) is 11.1 Å². The number of hydrogen-bond donors (Lipinski definition) is 2. The van der Waals surface area contributed by atoms with Crippen molar-refractivity contribution in [3.8, 4) is 0 Å². The molecule has 0 aliphatic carbocycles. The molecule has 0 aliphatic rings. The number of nitrogens with zero attached hydrogens (tertiary/aromatic N) is 2. The first-order chi connectivity index (χ1) is 10.5. The number of benzene rings is 2. The molecule has 0 spiro atoms. The van der Waals surface area contributed by atoms with Crippen LogP contribution >= 0.6 is 23.4 Å². The largest absolute Gasteiger partial charge is 0.383 e. The maximum atomic E-state index is 5.93. The molecule has 1 heterocycles. The van der Waals surface area contributed by atoms with Gasteiger partial charge >= 0.3 is 0 Å². The molecule has 6 heteroatoms. The summed E-state index contributed by atoms with van der Waals surface area (Å²) in [5.41, 5.74) is 13.5. The van der Waals surface area contributed by atoms with Gasteiger partial charge in [0.05, 0.1) is 5.52 Å². The lowest BCUT2D eigenvalue weighted by Gasteiger charge is -2.12. The second kappa shape index (κ2) is 6.02. The van der Waals surface area contributed by atoms with E-state index in [4.69, 9.17) is 23.1 Å². The van der Waals surface area contributed by atoms with Crippen LogP contribution < -0.4 is 11.5 Å². The summed E-state index contributed by atoms with van der Waals surface area (Å²) < 4.78 is 0. The predicted octanol–water partition coefficient (Wildman–Crippen LogP) is 4.30. The van der Waals surface area contributed by atoms with E-state index >= 15 is 0 Å². The van der Waals surface area contributed by atoms with E-state index in [0.717, 1.165) is 20.8 Å². The summed E-state index contributed by atoms with van der Waals surface area (Å²) in [6.07, 6.45) is 0. The standard InChI is InChI=1S/C16H15ClN4S/c1-9(10-2-4-11(17)5-3-10)22-12-6-7-14-13(8-12)15(18)21-16(19)20-14/h2-9H,1H3,(H4,18,19,20,21). The molecule has 0 fully saturated rings. The lowest BCUT2D eigenvalue weighted by atomic mass is 10.2. The van der Waals surface area contributed by atoms with Crippen molar-refractivity contribution < 1.29 is 0 Å². The number of nitrogen functional groups attached to an aromatic ring is 2. The molecule has 3 aromatic rings. The lowest BCUT2D eigenvalue weighted by molar-refractivity contribution is 1.10. The van der Waals surface area contributed by atoms with E-state index in [-0.39, 0.29) is 5.95 Å². The molecule has 1 unspecified atom stereocenters. The van der Waals surface area contributed by atoms with Crippen molar-refractivity contribution in [2.75, 3.05) is 11.5 Å². The van der Waals surface area contributed by atoms with Crippen molar-refractivity contribution in [3.63, 3.8) is 0 Å². The Labute approximate surface area is 137 Å². The molecule has 0 bridgehead atoms. The smallest absolute Gasteiger partial charge is 0.222 e. The molecule has 22 heavy (non-hydrogen) atoms. The molecule has 0 saturated carbocycles. The van der Waals surface area contributed by atoms with Gasteiger partial charge in [-0.15, -0.1) is 11.8 Å². The number of nitrogens with two attached hydrogens (primary N) is 2. The zero-order valence-corrected chi connectivity index (χ0v) is 13.5. The highest BCUT2D eigenvalue weighted by molar-refractivity contribution is 7.99. The minimum Gasteiger partial charge on any atom is -0.383 e. The van der Waals surface area contributed by atoms with Crippen LogP contribution in [-0.4, -0.2) is 9.97 Å². The molecule has 0 saturated heterocycles. The van der Waals surface area contributed by atoms with Gasteiger partial charge in [0, 0.05) is 20.6 Å². The summed E-state index contributed by atoms with van der Waals surface area (Å²) in [5.74, 6) is 0.601. The average molecular weight is 331 g/mol. The van der Waals surface area contributed by atoms with Crippen LogP contribution in [-0.2, 0) is 0 Å². The van der Waals surface area contributed by atoms with Crippen LogP contribution in [0.4, 0.5) is 11.8 Å². The number of hydrogen-bond acceptors (Lipinski definition) is 5. The van der Waals surface area contributed by atoms with E-state index in [1.165, 1.54) is 5.56 Å². The molecule has 4 nitrogen and oxygen atoms in total. The van der Waals surface area contributed by atoms with Gasteiger partial charge in [-0.1, -0.05) is 23.7 Å². The lowest BCUT2D eigenvalue weighted by Crippen LogP contribution is -2.00. The van der Waals surface area contributed by atoms with Crippen LogP contribution in [0.25, 0.3) is 10.9 Å². The van der Waals surface area contributed by atoms with Gasteiger partial charge in [-0.2, -0.15) is 4.98 Å². The summed E-state index contributed by atoms with van der Waals surface area (Å²) in [6, 6.07) is 13.8. The number of halogens is 1. The second-order valence-electron chi connectivity index (χ2n) is 4.96. The average Bonchev–Trinajstić information content (AvgIpc) is 2.48. The van der Waals surface area contributed by atoms with Gasteiger partial charge in [-0.25, -0.2) is 4.98 Å². The third-order valence-corrected chi connectivity index (χ3v) is 4.77. The zero-order chi connectivity index (χ0) is 15.7. The highest BCUT2D eigenvalue weighted by Gasteiger charge is 2.10. The SMILES string of the molecule is CC(Sc1ccc2nc(N)nc(N)c2c1)c1ccc(Cl)cc1. The molecule has 4 N–H and O–H groups in total. The quantitative estimate of drug-likeness (QED) is 0.700. The molecule has 0 aliphatic heterocycles. The number of rotatable bonds is 3. The van der Waals surface area contributed by atoms with Gasteiger partial charge in [0.1, 0.15) is 5.82 Å². The maximum absolute atomic E-state index is 5.93. The Kier molecular flexibility index (Phi) is 4.09. The minimum atomic E-state index is 0.194. The summed E-state index contributed by atoms with van der Waals surface area (Å²) in [6.45, 7) is 2.15. The first-order valence-electron chi connectivity index (χ1n) is 6.78. The highest BCUT2D eigenvalue weighted by Crippen LogP contribution is 2.36. The minimum absolute atomic E-state index is 0.194. The van der Waals surface area contributed by atoms with Crippen molar-refractivity contribution in [2.45, 2.75) is 17.1 Å². The zero-order valence-electron chi connectivity index (χ0n) is 12.0. The molecule has 3 rings (SSSR count). The summed E-state index contributed by atoms with van der Waals surface area (Å²) in [5, 5.41) is 1.86. The van der Waals surface area contributed by atoms with E-state index in [1.54, 1.807) is 11.8 Å². The Hall–Kier alpha value is -1.98. The van der Waals surface area contributed by atoms with Crippen LogP contribution in [0, 0.1) is 0 Å². The van der Waals surface area contributed by atoms with Crippen LogP contribution in [0.5, 0.6) is 0 Å². The normalized spacial score (nSPS) is 12.5. The summed E-state index contributed by atoms with van der Waals surface area (Å²) in [7, 11) is 0. The van der Waals surface area contributed by atoms with E-state index < -0.39 is 0 Å². The van der Waals surface area contributed by atoms with Gasteiger partial charge in [0.15, 0.2) is 0 Å². The monoisotopic (exact) mass is 330 g/mol. The Morgan fingerprint density at radius 3 is 2.50 bits per heavy atom. The summed E-state index contributed by atoms with van der Waals surface area (Å²) in [4.78, 5) is 9.30. The van der Waals surface area contributed by atoms with Gasteiger partial charge < -0.3 is 11.5 Å². The Bertz CT molecular complexity index is 820. The fourth-order valence-corrected chi connectivity index (χ4v) is 3.39. The number of thioether (sulfide) groups is 1. The topological polar surface area (TPSA) is 77.8 Å². The third kappa shape index (κ3) is 3.10. The van der Waals surface area contributed by atoms with Gasteiger partial charge in [0.25, 0.3) is 0 Å². The Balaban J connectivity index is 1.89. The van der Waals surface area contributed by atoms with E-state index in [9.17, 15) is 0 Å². The molecule has 0 amide bonds. The van der Waals surface area contributed by atoms with Crippen LogP contribution in [0.15, 0.2) is 47.4 Å². The van der Waals surface area contributed by atoms with Crippen molar-refractivity contribution in [1.82, 2.24) is 9.97 Å². The Morgan fingerprint density at radius 2 is 1.77 bits per heavy atom. The molecule has 112 valence electrons. The van der Waals surface area contributed by atoms with Crippen molar-refractivity contribution >= 4 is 46.0 Å². The highest BCUT2D eigenvalue weighted by atomic mass is 35.5. The third-order valence-electron chi connectivity index (χ3n) is 3.37. The molecule has 1 atom stereocenters. The van der Waals surface area contributed by atoms with E-state index in [1.807, 2.05) is 42.5 Å². The van der Waals surface area contributed by atoms with Gasteiger partial charge in [-0.05, 0) is 42.8 Å². The first kappa shape index (κ1) is 14.9. The molecular formula is C16H15ClN4S. The molecule has 1 aromatic heterocycles. The van der Waals surface area contributed by atoms with Gasteiger partial charge in [0.2, 0.25) is 5.95 Å². The van der Waals surface area contributed by atoms with Crippen molar-refractivity contribution in [3.05, 3.63) is 53.1 Å². The predicted molar refractivity (Wildman–Crippen MR) is 94.1 cm³/mol. The molecule has 2 aromatic carbocycles. The van der Waals surface area contributed by atoms with Crippen LogP contribution in [0.2, 0.25) is 5.02 Å². The van der Waals surface area contributed by atoms with Crippen LogP contribution in [0.1, 0.15) is 17.7 Å². The van der Waals surface area contributed by atoms with Crippen LogP contribution in [0.3, 0.4) is 0 Å². The van der Waals surface area contributed by atoms with E-state index in [2.05, 4.69) is 16.9 Å². The summed E-state index contributed by atoms with van der Waals surface area (Å²) >= 11 is 7.67. The van der Waals surface area contributed by atoms with Gasteiger partial charge in [-0.3, -0.25) is 0 Å². The molecular weight excluding hydrogens is 316 g/mol. The fraction of sp³-hybridized carbons (Fsp3) is 0.125. The molecule has 0 radical (unpaired) electrons. The number of aromatic nitrogens is 2. The number of anilines is 2. The van der Waals surface area contributed by atoms with Crippen molar-refractivity contribution in [2.24, 2.45) is 0 Å². The second-order valence-corrected chi connectivity index (χ2v) is 6.81. The maximum Gasteiger partial charge on any atom is 0.222 e. The fourth-order valence-electron chi connectivity index (χ4n) is 2.23. The Morgan fingerprint density at radius 1 is 1.05 bits per heavy atom.